The first-order valence-corrected chi connectivity index (χ1v) is 6.85. The Labute approximate surface area is 120 Å². The number of rotatable bonds is 5. The maximum atomic E-state index is 12.0. The summed E-state index contributed by atoms with van der Waals surface area (Å²) in [6, 6.07) is 5.17. The third kappa shape index (κ3) is 3.18. The molecule has 0 fully saturated rings. The van der Waals surface area contributed by atoms with Crippen LogP contribution in [0.3, 0.4) is 0 Å². The molecule has 1 aromatic heterocycles. The van der Waals surface area contributed by atoms with Crippen LogP contribution in [-0.4, -0.2) is 24.6 Å². The van der Waals surface area contributed by atoms with Crippen molar-refractivity contribution < 1.29 is 14.3 Å². The van der Waals surface area contributed by atoms with E-state index in [1.165, 1.54) is 11.3 Å². The molecule has 0 unspecified atom stereocenters. The average molecular weight is 293 g/mol. The number of amides is 1. The highest BCUT2D eigenvalue weighted by atomic mass is 32.1. The molecule has 0 aliphatic rings. The number of nitrogen functional groups attached to an aromatic ring is 1. The second-order valence-electron chi connectivity index (χ2n) is 3.82. The first kappa shape index (κ1) is 14.1. The molecule has 0 bridgehead atoms. The molecule has 0 aliphatic heterocycles. The van der Waals surface area contributed by atoms with Crippen LogP contribution in [0.1, 0.15) is 17.4 Å². The number of nitrogens with zero attached hydrogens (tertiary/aromatic N) is 1. The quantitative estimate of drug-likeness (QED) is 0.884. The van der Waals surface area contributed by atoms with Crippen LogP contribution in [0.25, 0.3) is 0 Å². The molecule has 20 heavy (non-hydrogen) atoms. The lowest BCUT2D eigenvalue weighted by Crippen LogP contribution is -2.12. The van der Waals surface area contributed by atoms with Crippen LogP contribution in [0.2, 0.25) is 0 Å². The fraction of sp³-hybridized carbons (Fsp3) is 0.231. The highest BCUT2D eigenvalue weighted by Gasteiger charge is 2.12. The van der Waals surface area contributed by atoms with Gasteiger partial charge in [-0.25, -0.2) is 4.98 Å². The zero-order valence-corrected chi connectivity index (χ0v) is 12.0. The van der Waals surface area contributed by atoms with Gasteiger partial charge in [-0.2, -0.15) is 0 Å². The Kier molecular flexibility index (Phi) is 4.41. The third-order valence-corrected chi connectivity index (χ3v) is 3.15. The minimum absolute atomic E-state index is 0.293. The molecule has 0 atom stereocenters. The Morgan fingerprint density at radius 2 is 2.25 bits per heavy atom. The number of ether oxygens (including phenoxy) is 2. The van der Waals surface area contributed by atoms with Crippen LogP contribution in [0.4, 0.5) is 10.8 Å². The molecular weight excluding hydrogens is 278 g/mol. The van der Waals surface area contributed by atoms with Crippen LogP contribution in [0.5, 0.6) is 11.5 Å². The number of aromatic nitrogens is 1. The molecule has 0 saturated carbocycles. The van der Waals surface area contributed by atoms with Crippen LogP contribution in [-0.2, 0) is 0 Å². The summed E-state index contributed by atoms with van der Waals surface area (Å²) in [6.07, 6.45) is 0. The molecule has 3 N–H and O–H groups in total. The van der Waals surface area contributed by atoms with Crippen molar-refractivity contribution in [3.8, 4) is 11.5 Å². The molecule has 106 valence electrons. The third-order valence-electron chi connectivity index (χ3n) is 2.48. The summed E-state index contributed by atoms with van der Waals surface area (Å²) in [7, 11) is 1.56. The summed E-state index contributed by atoms with van der Waals surface area (Å²) < 4.78 is 10.6. The van der Waals surface area contributed by atoms with Crippen molar-refractivity contribution in [3.05, 3.63) is 29.3 Å². The molecule has 0 saturated heterocycles. The van der Waals surface area contributed by atoms with Gasteiger partial charge in [-0.05, 0) is 19.1 Å². The van der Waals surface area contributed by atoms with Gasteiger partial charge >= 0.3 is 0 Å². The number of methoxy groups -OCH3 is 1. The molecule has 1 amide bonds. The minimum atomic E-state index is -0.314. The first-order valence-electron chi connectivity index (χ1n) is 5.97. The van der Waals surface area contributed by atoms with Gasteiger partial charge in [-0.3, -0.25) is 4.79 Å². The Balaban J connectivity index is 2.17. The standard InChI is InChI=1S/C13H15N3O3S/c1-3-19-11-6-8(4-5-10(11)18-2)15-12(17)9-7-20-13(14)16-9/h4-7H,3H2,1-2H3,(H2,14,16)(H,15,17). The van der Waals surface area contributed by atoms with E-state index in [1.54, 1.807) is 30.7 Å². The second-order valence-corrected chi connectivity index (χ2v) is 4.71. The van der Waals surface area contributed by atoms with Gasteiger partial charge in [0.15, 0.2) is 16.6 Å². The van der Waals surface area contributed by atoms with Crippen molar-refractivity contribution in [3.63, 3.8) is 0 Å². The number of nitrogens with one attached hydrogen (secondary N) is 1. The lowest BCUT2D eigenvalue weighted by atomic mass is 10.2. The number of thiazole rings is 1. The van der Waals surface area contributed by atoms with Crippen molar-refractivity contribution >= 4 is 28.1 Å². The van der Waals surface area contributed by atoms with Gasteiger partial charge in [-0.15, -0.1) is 11.3 Å². The topological polar surface area (TPSA) is 86.5 Å². The molecule has 7 heteroatoms. The maximum absolute atomic E-state index is 12.0. The van der Waals surface area contributed by atoms with Crippen molar-refractivity contribution in [2.24, 2.45) is 0 Å². The van der Waals surface area contributed by atoms with Gasteiger partial charge in [0.2, 0.25) is 0 Å². The number of hydrogen-bond acceptors (Lipinski definition) is 6. The van der Waals surface area contributed by atoms with E-state index in [0.29, 0.717) is 34.6 Å². The number of nitrogens with two attached hydrogens (primary N) is 1. The fourth-order valence-corrected chi connectivity index (χ4v) is 2.15. The van der Waals surface area contributed by atoms with Crippen molar-refractivity contribution in [2.45, 2.75) is 6.92 Å². The Morgan fingerprint density at radius 1 is 1.45 bits per heavy atom. The van der Waals surface area contributed by atoms with Crippen molar-refractivity contribution in [1.82, 2.24) is 4.98 Å². The van der Waals surface area contributed by atoms with Gasteiger partial charge in [0, 0.05) is 17.1 Å². The second kappa shape index (κ2) is 6.25. The largest absolute Gasteiger partial charge is 0.493 e. The molecule has 0 aliphatic carbocycles. The van der Waals surface area contributed by atoms with Crippen LogP contribution >= 0.6 is 11.3 Å². The monoisotopic (exact) mass is 293 g/mol. The Bertz CT molecular complexity index is 613. The number of anilines is 2. The van der Waals surface area contributed by atoms with E-state index in [2.05, 4.69) is 10.3 Å². The molecule has 1 heterocycles. The normalized spacial score (nSPS) is 10.1. The van der Waals surface area contributed by atoms with E-state index in [4.69, 9.17) is 15.2 Å². The average Bonchev–Trinajstić information content (AvgIpc) is 2.86. The highest BCUT2D eigenvalue weighted by Crippen LogP contribution is 2.30. The molecule has 2 rings (SSSR count). The summed E-state index contributed by atoms with van der Waals surface area (Å²) in [6.45, 7) is 2.39. The van der Waals surface area contributed by atoms with E-state index >= 15 is 0 Å². The van der Waals surface area contributed by atoms with E-state index in [1.807, 2.05) is 6.92 Å². The summed E-state index contributed by atoms with van der Waals surface area (Å²) >= 11 is 1.22. The summed E-state index contributed by atoms with van der Waals surface area (Å²) in [4.78, 5) is 15.9. The zero-order chi connectivity index (χ0) is 14.5. The van der Waals surface area contributed by atoms with E-state index < -0.39 is 0 Å². The van der Waals surface area contributed by atoms with Gasteiger partial charge in [-0.1, -0.05) is 0 Å². The van der Waals surface area contributed by atoms with Gasteiger partial charge in [0.05, 0.1) is 13.7 Å². The Morgan fingerprint density at radius 3 is 2.85 bits per heavy atom. The predicted octanol–water partition coefficient (Wildman–Crippen LogP) is 2.38. The van der Waals surface area contributed by atoms with Gasteiger partial charge in [0.1, 0.15) is 5.69 Å². The molecule has 1 aromatic carbocycles. The number of hydrogen-bond donors (Lipinski definition) is 2. The molecular formula is C13H15N3O3S. The minimum Gasteiger partial charge on any atom is -0.493 e. The van der Waals surface area contributed by atoms with Crippen LogP contribution in [0.15, 0.2) is 23.6 Å². The van der Waals surface area contributed by atoms with E-state index in [0.717, 1.165) is 0 Å². The van der Waals surface area contributed by atoms with Crippen molar-refractivity contribution in [2.75, 3.05) is 24.8 Å². The molecule has 2 aromatic rings. The summed E-state index contributed by atoms with van der Waals surface area (Å²) in [5.74, 6) is 0.874. The smallest absolute Gasteiger partial charge is 0.275 e. The highest BCUT2D eigenvalue weighted by molar-refractivity contribution is 7.13. The SMILES string of the molecule is CCOc1cc(NC(=O)c2csc(N)n2)ccc1OC. The van der Waals surface area contributed by atoms with Crippen LogP contribution in [0, 0.1) is 0 Å². The summed E-state index contributed by atoms with van der Waals surface area (Å²) in [5, 5.41) is 4.71. The van der Waals surface area contributed by atoms with Crippen molar-refractivity contribution in [1.29, 1.82) is 0 Å². The molecule has 0 radical (unpaired) electrons. The first-order chi connectivity index (χ1) is 9.63. The summed E-state index contributed by atoms with van der Waals surface area (Å²) in [5.41, 5.74) is 6.40. The lowest BCUT2D eigenvalue weighted by Gasteiger charge is -2.11. The Hall–Kier alpha value is -2.28. The van der Waals surface area contributed by atoms with E-state index in [-0.39, 0.29) is 5.91 Å². The lowest BCUT2D eigenvalue weighted by molar-refractivity contribution is 0.102. The van der Waals surface area contributed by atoms with E-state index in [9.17, 15) is 4.79 Å². The molecule has 0 spiro atoms. The number of carbonyl (C=O) groups excluding carboxylic acids is 1. The number of carbonyl (C=O) groups is 1. The van der Waals surface area contributed by atoms with Gasteiger partial charge in [0.25, 0.3) is 5.91 Å². The zero-order valence-electron chi connectivity index (χ0n) is 11.2. The van der Waals surface area contributed by atoms with Crippen LogP contribution < -0.4 is 20.5 Å². The molecule has 6 nitrogen and oxygen atoms in total. The maximum Gasteiger partial charge on any atom is 0.275 e. The number of benzene rings is 1. The van der Waals surface area contributed by atoms with Gasteiger partial charge < -0.3 is 20.5 Å². The fourth-order valence-electron chi connectivity index (χ4n) is 1.61. The predicted molar refractivity (Wildman–Crippen MR) is 78.6 cm³/mol.